The topological polar surface area (TPSA) is 90.1 Å². The van der Waals surface area contributed by atoms with E-state index >= 15 is 0 Å². The molecule has 3 rings (SSSR count). The van der Waals surface area contributed by atoms with Crippen molar-refractivity contribution >= 4 is 5.97 Å². The van der Waals surface area contributed by atoms with Crippen LogP contribution in [-0.4, -0.2) is 37.9 Å². The van der Waals surface area contributed by atoms with E-state index in [9.17, 15) is 9.90 Å². The Balaban J connectivity index is 2.13. The number of carboxylic acids is 1. The molecule has 0 unspecified atom stereocenters. The van der Waals surface area contributed by atoms with E-state index in [1.807, 2.05) is 19.1 Å². The van der Waals surface area contributed by atoms with Crippen LogP contribution < -0.4 is 4.74 Å². The van der Waals surface area contributed by atoms with E-state index < -0.39 is 5.97 Å². The first-order valence-electron chi connectivity index (χ1n) is 6.85. The summed E-state index contributed by atoms with van der Waals surface area (Å²) < 4.78 is 6.61. The second-order valence-electron chi connectivity index (χ2n) is 4.87. The van der Waals surface area contributed by atoms with E-state index in [4.69, 9.17) is 4.74 Å². The number of carbonyl (C=O) groups is 1. The average molecular weight is 310 g/mol. The van der Waals surface area contributed by atoms with Crippen molar-refractivity contribution in [2.75, 3.05) is 7.11 Å². The van der Waals surface area contributed by atoms with Gasteiger partial charge in [0.2, 0.25) is 0 Å². The number of nitrogens with zero attached hydrogens (tertiary/aromatic N) is 4. The molecule has 116 valence electrons. The predicted molar refractivity (Wildman–Crippen MR) is 82.8 cm³/mol. The van der Waals surface area contributed by atoms with Gasteiger partial charge in [-0.25, -0.2) is 9.48 Å². The van der Waals surface area contributed by atoms with E-state index in [1.54, 1.807) is 31.6 Å². The van der Waals surface area contributed by atoms with Crippen LogP contribution in [0, 0.1) is 6.92 Å². The second-order valence-corrected chi connectivity index (χ2v) is 4.87. The summed E-state index contributed by atoms with van der Waals surface area (Å²) in [6, 6.07) is 8.65. The summed E-state index contributed by atoms with van der Waals surface area (Å²) in [5.74, 6) is -0.478. The minimum absolute atomic E-state index is 0.0572. The highest BCUT2D eigenvalue weighted by molar-refractivity contribution is 5.87. The van der Waals surface area contributed by atoms with Crippen molar-refractivity contribution in [2.45, 2.75) is 6.92 Å². The molecule has 7 heteroatoms. The fourth-order valence-electron chi connectivity index (χ4n) is 2.10. The van der Waals surface area contributed by atoms with Crippen LogP contribution in [0.2, 0.25) is 0 Å². The van der Waals surface area contributed by atoms with Crippen LogP contribution in [0.1, 0.15) is 16.2 Å². The molecule has 0 aliphatic carbocycles. The molecule has 0 aromatic carbocycles. The minimum Gasteiger partial charge on any atom is -0.495 e. The maximum atomic E-state index is 11.3. The van der Waals surface area contributed by atoms with Crippen molar-refractivity contribution in [1.29, 1.82) is 0 Å². The van der Waals surface area contributed by atoms with Crippen LogP contribution in [0.4, 0.5) is 0 Å². The largest absolute Gasteiger partial charge is 0.495 e. The Morgan fingerprint density at radius 2 is 2.00 bits per heavy atom. The molecule has 23 heavy (non-hydrogen) atoms. The van der Waals surface area contributed by atoms with Gasteiger partial charge in [-0.3, -0.25) is 9.97 Å². The van der Waals surface area contributed by atoms with Crippen molar-refractivity contribution in [3.8, 4) is 22.8 Å². The smallest absolute Gasteiger partial charge is 0.356 e. The monoisotopic (exact) mass is 310 g/mol. The summed E-state index contributed by atoms with van der Waals surface area (Å²) in [5.41, 5.74) is 2.62. The average Bonchev–Trinajstić information content (AvgIpc) is 3.01. The van der Waals surface area contributed by atoms with Crippen LogP contribution in [-0.2, 0) is 0 Å². The molecule has 0 aliphatic heterocycles. The van der Waals surface area contributed by atoms with Crippen molar-refractivity contribution < 1.29 is 14.6 Å². The number of methoxy groups -OCH3 is 1. The van der Waals surface area contributed by atoms with Gasteiger partial charge >= 0.3 is 5.97 Å². The SMILES string of the molecule is COc1ccc(-c2cc(C(=O)O)nn2-c2ccc(C)nc2)nc1. The molecule has 1 N–H and O–H groups in total. The molecule has 0 fully saturated rings. The normalized spacial score (nSPS) is 10.5. The molecular weight excluding hydrogens is 296 g/mol. The zero-order valence-corrected chi connectivity index (χ0v) is 12.6. The van der Waals surface area contributed by atoms with Crippen molar-refractivity contribution in [1.82, 2.24) is 19.7 Å². The third-order valence-electron chi connectivity index (χ3n) is 3.30. The molecule has 0 saturated heterocycles. The van der Waals surface area contributed by atoms with Gasteiger partial charge in [0.25, 0.3) is 0 Å². The van der Waals surface area contributed by atoms with E-state index in [0.29, 0.717) is 22.8 Å². The number of carboxylic acid groups (broad SMARTS) is 1. The second kappa shape index (κ2) is 5.88. The third kappa shape index (κ3) is 2.89. The molecule has 0 spiro atoms. The Bertz CT molecular complexity index is 839. The molecule has 0 aliphatic rings. The van der Waals surface area contributed by atoms with Gasteiger partial charge in [0.05, 0.1) is 36.6 Å². The summed E-state index contributed by atoms with van der Waals surface area (Å²) in [7, 11) is 1.56. The molecule has 0 bridgehead atoms. The number of aromatic nitrogens is 4. The van der Waals surface area contributed by atoms with Crippen LogP contribution in [0.3, 0.4) is 0 Å². The van der Waals surface area contributed by atoms with Crippen LogP contribution >= 0.6 is 0 Å². The Hall–Kier alpha value is -3.22. The summed E-state index contributed by atoms with van der Waals surface area (Å²) in [5, 5.41) is 13.3. The summed E-state index contributed by atoms with van der Waals surface area (Å²) in [4.78, 5) is 19.8. The van der Waals surface area contributed by atoms with Gasteiger partial charge in [-0.1, -0.05) is 0 Å². The van der Waals surface area contributed by atoms with Crippen LogP contribution in [0.15, 0.2) is 42.7 Å². The number of hydrogen-bond donors (Lipinski definition) is 1. The number of hydrogen-bond acceptors (Lipinski definition) is 5. The Morgan fingerprint density at radius 1 is 1.17 bits per heavy atom. The molecule has 7 nitrogen and oxygen atoms in total. The quantitative estimate of drug-likeness (QED) is 0.795. The molecule has 0 atom stereocenters. The molecule has 0 amide bonds. The van der Waals surface area contributed by atoms with Gasteiger partial charge in [0.1, 0.15) is 5.75 Å². The summed E-state index contributed by atoms with van der Waals surface area (Å²) in [6.45, 7) is 1.88. The maximum Gasteiger partial charge on any atom is 0.356 e. The highest BCUT2D eigenvalue weighted by atomic mass is 16.5. The molecule has 3 aromatic rings. The maximum absolute atomic E-state index is 11.3. The van der Waals surface area contributed by atoms with Crippen LogP contribution in [0.25, 0.3) is 17.1 Å². The number of aryl methyl sites for hydroxylation is 1. The van der Waals surface area contributed by atoms with Gasteiger partial charge in [-0.2, -0.15) is 5.10 Å². The highest BCUT2D eigenvalue weighted by Gasteiger charge is 2.17. The van der Waals surface area contributed by atoms with Crippen molar-refractivity contribution in [3.05, 3.63) is 54.1 Å². The minimum atomic E-state index is -1.10. The van der Waals surface area contributed by atoms with Gasteiger partial charge < -0.3 is 9.84 Å². The van der Waals surface area contributed by atoms with E-state index in [2.05, 4.69) is 15.1 Å². The molecule has 0 saturated carbocycles. The summed E-state index contributed by atoms with van der Waals surface area (Å²) in [6.07, 6.45) is 3.21. The third-order valence-corrected chi connectivity index (χ3v) is 3.30. The van der Waals surface area contributed by atoms with Crippen molar-refractivity contribution in [2.24, 2.45) is 0 Å². The zero-order chi connectivity index (χ0) is 16.4. The fourth-order valence-corrected chi connectivity index (χ4v) is 2.10. The van der Waals surface area contributed by atoms with Gasteiger partial charge in [-0.05, 0) is 31.2 Å². The number of rotatable bonds is 4. The number of aromatic carboxylic acids is 1. The Morgan fingerprint density at radius 3 is 2.57 bits per heavy atom. The molecule has 3 aromatic heterocycles. The Kier molecular flexibility index (Phi) is 3.76. The lowest BCUT2D eigenvalue weighted by Crippen LogP contribution is -2.03. The molecular formula is C16H14N4O3. The van der Waals surface area contributed by atoms with E-state index in [-0.39, 0.29) is 5.69 Å². The van der Waals surface area contributed by atoms with Gasteiger partial charge in [0, 0.05) is 11.8 Å². The first kappa shape index (κ1) is 14.7. The van der Waals surface area contributed by atoms with E-state index in [1.165, 1.54) is 10.7 Å². The molecule has 3 heterocycles. The van der Waals surface area contributed by atoms with Crippen LogP contribution in [0.5, 0.6) is 5.75 Å². The lowest BCUT2D eigenvalue weighted by Gasteiger charge is -2.07. The number of pyridine rings is 2. The van der Waals surface area contributed by atoms with Gasteiger partial charge in [-0.15, -0.1) is 0 Å². The first-order chi connectivity index (χ1) is 11.1. The highest BCUT2D eigenvalue weighted by Crippen LogP contribution is 2.23. The Labute approximate surface area is 132 Å². The standard InChI is InChI=1S/C16H14N4O3/c1-10-3-4-11(8-17-10)20-15(7-14(19-20)16(21)22)13-6-5-12(23-2)9-18-13/h3-9H,1-2H3,(H,21,22). The summed E-state index contributed by atoms with van der Waals surface area (Å²) >= 11 is 0. The first-order valence-corrected chi connectivity index (χ1v) is 6.85. The van der Waals surface area contributed by atoms with Gasteiger partial charge in [0.15, 0.2) is 5.69 Å². The fraction of sp³-hybridized carbons (Fsp3) is 0.125. The van der Waals surface area contributed by atoms with Crippen molar-refractivity contribution in [3.63, 3.8) is 0 Å². The number of ether oxygens (including phenoxy) is 1. The lowest BCUT2D eigenvalue weighted by atomic mass is 10.2. The molecule has 0 radical (unpaired) electrons. The zero-order valence-electron chi connectivity index (χ0n) is 12.6. The van der Waals surface area contributed by atoms with E-state index in [0.717, 1.165) is 5.69 Å². The predicted octanol–water partition coefficient (Wildman–Crippen LogP) is 2.34. The lowest BCUT2D eigenvalue weighted by molar-refractivity contribution is 0.0690.